The number of sulfone groups is 1. The molecule has 0 aliphatic heterocycles. The zero-order valence-corrected chi connectivity index (χ0v) is 12.3. The molecule has 0 amide bonds. The molecular formula is C11H10ClF3O5S. The minimum atomic E-state index is -5.50. The van der Waals surface area contributed by atoms with E-state index in [0.29, 0.717) is 12.1 Å². The van der Waals surface area contributed by atoms with Gasteiger partial charge in [0.25, 0.3) is 9.84 Å². The van der Waals surface area contributed by atoms with E-state index in [9.17, 15) is 26.4 Å². The van der Waals surface area contributed by atoms with Crippen molar-refractivity contribution in [3.63, 3.8) is 0 Å². The zero-order valence-electron chi connectivity index (χ0n) is 10.8. The van der Waals surface area contributed by atoms with Gasteiger partial charge in [-0.05, 0) is 25.1 Å². The van der Waals surface area contributed by atoms with Crippen LogP contribution in [0, 0.1) is 0 Å². The molecule has 0 saturated heterocycles. The summed E-state index contributed by atoms with van der Waals surface area (Å²) in [5.41, 5.74) is -5.43. The lowest BCUT2D eigenvalue weighted by molar-refractivity contribution is -0.147. The number of benzene rings is 1. The Hall–Kier alpha value is -1.48. The molecule has 21 heavy (non-hydrogen) atoms. The van der Waals surface area contributed by atoms with Crippen LogP contribution in [0.15, 0.2) is 23.1 Å². The van der Waals surface area contributed by atoms with Gasteiger partial charge < -0.3 is 9.47 Å². The number of hydrogen-bond donors (Lipinski definition) is 0. The number of ether oxygens (including phenoxy) is 2. The van der Waals surface area contributed by atoms with Gasteiger partial charge in [0.05, 0.1) is 17.0 Å². The topological polar surface area (TPSA) is 69.7 Å². The maximum Gasteiger partial charge on any atom is 0.501 e. The fraction of sp³-hybridized carbons (Fsp3) is 0.364. The molecule has 1 aromatic rings. The Labute approximate surface area is 123 Å². The standard InChI is InChI=1S/C11H10ClF3O5S/c1-6(10(16)19-2)20-9-4-3-7(5-8(9)12)21(17,18)11(13,14)15/h3-6H,1-2H3. The lowest BCUT2D eigenvalue weighted by Gasteiger charge is -2.14. The molecule has 0 bridgehead atoms. The maximum atomic E-state index is 12.4. The molecule has 118 valence electrons. The normalized spacial score (nSPS) is 13.6. The van der Waals surface area contributed by atoms with E-state index in [1.54, 1.807) is 0 Å². The number of halogens is 4. The summed E-state index contributed by atoms with van der Waals surface area (Å²) >= 11 is 5.67. The van der Waals surface area contributed by atoms with Crippen molar-refractivity contribution in [2.75, 3.05) is 7.11 Å². The monoisotopic (exact) mass is 346 g/mol. The zero-order chi connectivity index (χ0) is 16.4. The van der Waals surface area contributed by atoms with Crippen LogP contribution in [0.5, 0.6) is 5.75 Å². The molecule has 1 aromatic carbocycles. The van der Waals surface area contributed by atoms with E-state index in [1.807, 2.05) is 0 Å². The van der Waals surface area contributed by atoms with Crippen molar-refractivity contribution in [2.45, 2.75) is 23.4 Å². The van der Waals surface area contributed by atoms with E-state index < -0.39 is 32.3 Å². The van der Waals surface area contributed by atoms with Crippen LogP contribution in [0.3, 0.4) is 0 Å². The number of methoxy groups -OCH3 is 1. The van der Waals surface area contributed by atoms with Crippen molar-refractivity contribution in [3.05, 3.63) is 23.2 Å². The second-order valence-corrected chi connectivity index (χ2v) is 6.17. The van der Waals surface area contributed by atoms with Gasteiger partial charge >= 0.3 is 11.5 Å². The van der Waals surface area contributed by atoms with E-state index in [0.717, 1.165) is 13.2 Å². The average molecular weight is 347 g/mol. The highest BCUT2D eigenvalue weighted by Gasteiger charge is 2.47. The van der Waals surface area contributed by atoms with Gasteiger partial charge in [-0.2, -0.15) is 13.2 Å². The molecule has 10 heteroatoms. The number of hydrogen-bond acceptors (Lipinski definition) is 5. The third-order valence-electron chi connectivity index (χ3n) is 2.36. The quantitative estimate of drug-likeness (QED) is 0.784. The van der Waals surface area contributed by atoms with Crippen LogP contribution in [-0.4, -0.2) is 33.1 Å². The van der Waals surface area contributed by atoms with Crippen molar-refractivity contribution in [3.8, 4) is 5.75 Å². The van der Waals surface area contributed by atoms with Gasteiger partial charge in [-0.3, -0.25) is 0 Å². The summed E-state index contributed by atoms with van der Waals surface area (Å²) in [6.45, 7) is 1.34. The molecule has 1 unspecified atom stereocenters. The van der Waals surface area contributed by atoms with E-state index in [4.69, 9.17) is 16.3 Å². The third-order valence-corrected chi connectivity index (χ3v) is 4.13. The number of carbonyl (C=O) groups excluding carboxylic acids is 1. The number of rotatable bonds is 4. The molecular weight excluding hydrogens is 337 g/mol. The molecule has 0 spiro atoms. The van der Waals surface area contributed by atoms with Crippen molar-refractivity contribution >= 4 is 27.4 Å². The minimum absolute atomic E-state index is 0.143. The van der Waals surface area contributed by atoms with E-state index in [2.05, 4.69) is 4.74 Å². The van der Waals surface area contributed by atoms with Gasteiger partial charge in [0.1, 0.15) is 5.75 Å². The van der Waals surface area contributed by atoms with Crippen molar-refractivity contribution in [2.24, 2.45) is 0 Å². The summed E-state index contributed by atoms with van der Waals surface area (Å²) in [5.74, 6) is -0.867. The van der Waals surface area contributed by atoms with Crippen molar-refractivity contribution < 1.29 is 35.9 Å². The summed E-state index contributed by atoms with van der Waals surface area (Å²) in [7, 11) is -4.37. The average Bonchev–Trinajstić information content (AvgIpc) is 2.38. The minimum Gasteiger partial charge on any atom is -0.477 e. The van der Waals surface area contributed by atoms with E-state index in [1.165, 1.54) is 6.92 Å². The van der Waals surface area contributed by atoms with Gasteiger partial charge in [-0.25, -0.2) is 13.2 Å². The lowest BCUT2D eigenvalue weighted by Crippen LogP contribution is -2.25. The molecule has 1 atom stereocenters. The molecule has 0 aromatic heterocycles. The molecule has 0 aliphatic rings. The Kier molecular flexibility index (Phi) is 5.11. The van der Waals surface area contributed by atoms with E-state index >= 15 is 0 Å². The first-order chi connectivity index (χ1) is 9.50. The fourth-order valence-corrected chi connectivity index (χ4v) is 2.36. The number of esters is 1. The first-order valence-electron chi connectivity index (χ1n) is 5.36. The molecule has 0 N–H and O–H groups in total. The van der Waals surface area contributed by atoms with Crippen LogP contribution < -0.4 is 4.74 Å². The van der Waals surface area contributed by atoms with Gasteiger partial charge in [0, 0.05) is 0 Å². The molecule has 0 radical (unpaired) electrons. The van der Waals surface area contributed by atoms with Crippen LogP contribution >= 0.6 is 11.6 Å². The first-order valence-corrected chi connectivity index (χ1v) is 7.22. The molecule has 1 rings (SSSR count). The van der Waals surface area contributed by atoms with Crippen molar-refractivity contribution in [1.82, 2.24) is 0 Å². The summed E-state index contributed by atoms with van der Waals surface area (Å²) in [4.78, 5) is 10.1. The molecule has 0 saturated carbocycles. The lowest BCUT2D eigenvalue weighted by atomic mass is 10.3. The Morgan fingerprint density at radius 2 is 1.90 bits per heavy atom. The smallest absolute Gasteiger partial charge is 0.477 e. The highest BCUT2D eigenvalue weighted by Crippen LogP contribution is 2.34. The molecule has 5 nitrogen and oxygen atoms in total. The SMILES string of the molecule is COC(=O)C(C)Oc1ccc(S(=O)(=O)C(F)(F)F)cc1Cl. The van der Waals surface area contributed by atoms with E-state index in [-0.39, 0.29) is 10.8 Å². The summed E-state index contributed by atoms with van der Waals surface area (Å²) in [6, 6.07) is 2.22. The van der Waals surface area contributed by atoms with Gasteiger partial charge in [-0.15, -0.1) is 0 Å². The molecule has 0 heterocycles. The summed E-state index contributed by atoms with van der Waals surface area (Å²) < 4.78 is 69.0. The summed E-state index contributed by atoms with van der Waals surface area (Å²) in [6.07, 6.45) is -1.06. The molecule has 0 fully saturated rings. The van der Waals surface area contributed by atoms with Gasteiger partial charge in [0.15, 0.2) is 6.10 Å². The fourth-order valence-electron chi connectivity index (χ4n) is 1.28. The van der Waals surface area contributed by atoms with Crippen LogP contribution in [0.1, 0.15) is 6.92 Å². The number of alkyl halides is 3. The summed E-state index contributed by atoms with van der Waals surface area (Å²) in [5, 5.41) is -0.379. The van der Waals surface area contributed by atoms with Gasteiger partial charge in [-0.1, -0.05) is 11.6 Å². The highest BCUT2D eigenvalue weighted by molar-refractivity contribution is 7.92. The predicted molar refractivity (Wildman–Crippen MR) is 66.8 cm³/mol. The Morgan fingerprint density at radius 3 is 2.33 bits per heavy atom. The highest BCUT2D eigenvalue weighted by atomic mass is 35.5. The largest absolute Gasteiger partial charge is 0.501 e. The van der Waals surface area contributed by atoms with Gasteiger partial charge in [0.2, 0.25) is 0 Å². The van der Waals surface area contributed by atoms with Crippen LogP contribution in [0.2, 0.25) is 5.02 Å². The van der Waals surface area contributed by atoms with Crippen LogP contribution in [0.25, 0.3) is 0 Å². The van der Waals surface area contributed by atoms with Crippen molar-refractivity contribution in [1.29, 1.82) is 0 Å². The predicted octanol–water partition coefficient (Wildman–Crippen LogP) is 2.57. The van der Waals surface area contributed by atoms with Crippen LogP contribution in [0.4, 0.5) is 13.2 Å². The second kappa shape index (κ2) is 6.10. The number of carbonyl (C=O) groups is 1. The Balaban J connectivity index is 3.10. The second-order valence-electron chi connectivity index (χ2n) is 3.82. The Bertz CT molecular complexity index is 642. The molecule has 0 aliphatic carbocycles. The first kappa shape index (κ1) is 17.6. The maximum absolute atomic E-state index is 12.4. The third kappa shape index (κ3) is 3.79. The van der Waals surface area contributed by atoms with Crippen LogP contribution in [-0.2, 0) is 19.4 Å². The Morgan fingerprint density at radius 1 is 1.33 bits per heavy atom.